The molecule has 0 bridgehead atoms. The van der Waals surface area contributed by atoms with Crippen molar-refractivity contribution in [3.05, 3.63) is 69.2 Å². The molecule has 0 aliphatic rings. The van der Waals surface area contributed by atoms with Gasteiger partial charge in [0, 0.05) is 16.5 Å². The summed E-state index contributed by atoms with van der Waals surface area (Å²) in [5.74, 6) is 0.223. The Kier molecular flexibility index (Phi) is 4.54. The van der Waals surface area contributed by atoms with Crippen LogP contribution in [0.4, 0.5) is 0 Å². The lowest BCUT2D eigenvalue weighted by molar-refractivity contribution is 0.0982. The van der Waals surface area contributed by atoms with Gasteiger partial charge in [-0.05, 0) is 49.6 Å². The number of benzene rings is 2. The van der Waals surface area contributed by atoms with Gasteiger partial charge in [0.2, 0.25) is 0 Å². The maximum atomic E-state index is 12.3. The predicted octanol–water partition coefficient (Wildman–Crippen LogP) is 4.88. The third-order valence-corrected chi connectivity index (χ3v) is 3.72. The fourth-order valence-corrected chi connectivity index (χ4v) is 2.57. The largest absolute Gasteiger partial charge is 0.294 e. The Morgan fingerprint density at radius 1 is 1.11 bits per heavy atom. The first-order chi connectivity index (χ1) is 9.06. The number of hydrogen-bond acceptors (Lipinski definition) is 1. The predicted molar refractivity (Wildman–Crippen MR) is 82.7 cm³/mol. The van der Waals surface area contributed by atoms with Crippen LogP contribution in [0, 0.1) is 13.8 Å². The van der Waals surface area contributed by atoms with Crippen LogP contribution in [0.15, 0.2) is 46.9 Å². The number of carbonyl (C=O) groups is 1. The fourth-order valence-electron chi connectivity index (χ4n) is 2.12. The highest BCUT2D eigenvalue weighted by atomic mass is 79.9. The number of ketones is 1. The van der Waals surface area contributed by atoms with Crippen LogP contribution in [0.25, 0.3) is 0 Å². The standard InChI is InChI=1S/C17H17BrO/c1-12-6-7-13(2)16(10-12)17(19)9-8-14-4-3-5-15(18)11-14/h3-7,10-11H,8-9H2,1-2H3. The minimum absolute atomic E-state index is 0.223. The van der Waals surface area contributed by atoms with Gasteiger partial charge in [-0.2, -0.15) is 0 Å². The molecule has 0 amide bonds. The minimum atomic E-state index is 0.223. The summed E-state index contributed by atoms with van der Waals surface area (Å²) in [7, 11) is 0. The Hall–Kier alpha value is -1.41. The van der Waals surface area contributed by atoms with Crippen molar-refractivity contribution in [3.8, 4) is 0 Å². The molecule has 0 saturated heterocycles. The van der Waals surface area contributed by atoms with Crippen LogP contribution >= 0.6 is 15.9 Å². The zero-order valence-corrected chi connectivity index (χ0v) is 12.8. The molecule has 0 aliphatic carbocycles. The number of rotatable bonds is 4. The van der Waals surface area contributed by atoms with E-state index in [4.69, 9.17) is 0 Å². The van der Waals surface area contributed by atoms with E-state index in [1.165, 1.54) is 5.56 Å². The quantitative estimate of drug-likeness (QED) is 0.734. The van der Waals surface area contributed by atoms with E-state index in [2.05, 4.69) is 28.1 Å². The van der Waals surface area contributed by atoms with Crippen LogP contribution in [-0.2, 0) is 6.42 Å². The first-order valence-corrected chi connectivity index (χ1v) is 7.20. The monoisotopic (exact) mass is 316 g/mol. The summed E-state index contributed by atoms with van der Waals surface area (Å²) in [5, 5.41) is 0. The third-order valence-electron chi connectivity index (χ3n) is 3.22. The maximum Gasteiger partial charge on any atom is 0.163 e. The number of carbonyl (C=O) groups excluding carboxylic acids is 1. The van der Waals surface area contributed by atoms with E-state index in [1.807, 2.05) is 44.2 Å². The van der Waals surface area contributed by atoms with E-state index < -0.39 is 0 Å². The lowest BCUT2D eigenvalue weighted by Crippen LogP contribution is -2.04. The average molecular weight is 317 g/mol. The van der Waals surface area contributed by atoms with Gasteiger partial charge >= 0.3 is 0 Å². The van der Waals surface area contributed by atoms with Gasteiger partial charge in [-0.3, -0.25) is 4.79 Å². The molecule has 0 aromatic heterocycles. The Morgan fingerprint density at radius 2 is 1.89 bits per heavy atom. The van der Waals surface area contributed by atoms with Gasteiger partial charge in [0.05, 0.1) is 0 Å². The molecule has 0 spiro atoms. The third kappa shape index (κ3) is 3.77. The second kappa shape index (κ2) is 6.16. The van der Waals surface area contributed by atoms with Crippen molar-refractivity contribution < 1.29 is 4.79 Å². The van der Waals surface area contributed by atoms with Crippen LogP contribution in [0.3, 0.4) is 0 Å². The van der Waals surface area contributed by atoms with Crippen molar-refractivity contribution >= 4 is 21.7 Å². The second-order valence-electron chi connectivity index (χ2n) is 4.87. The molecule has 2 aromatic carbocycles. The maximum absolute atomic E-state index is 12.3. The topological polar surface area (TPSA) is 17.1 Å². The van der Waals surface area contributed by atoms with E-state index in [0.717, 1.165) is 27.6 Å². The lowest BCUT2D eigenvalue weighted by atomic mass is 9.98. The summed E-state index contributed by atoms with van der Waals surface area (Å²) in [6, 6.07) is 14.2. The van der Waals surface area contributed by atoms with Crippen molar-refractivity contribution in [2.75, 3.05) is 0 Å². The summed E-state index contributed by atoms with van der Waals surface area (Å²) in [5.41, 5.74) is 4.24. The van der Waals surface area contributed by atoms with Crippen LogP contribution in [0.2, 0.25) is 0 Å². The number of hydrogen-bond donors (Lipinski definition) is 0. The van der Waals surface area contributed by atoms with Crippen LogP contribution in [0.1, 0.15) is 33.5 Å². The molecule has 2 rings (SSSR count). The molecule has 2 aromatic rings. The highest BCUT2D eigenvalue weighted by Gasteiger charge is 2.09. The lowest BCUT2D eigenvalue weighted by Gasteiger charge is -2.06. The van der Waals surface area contributed by atoms with E-state index in [-0.39, 0.29) is 5.78 Å². The molecule has 0 saturated carbocycles. The second-order valence-corrected chi connectivity index (χ2v) is 5.79. The normalized spacial score (nSPS) is 10.5. The fraction of sp³-hybridized carbons (Fsp3) is 0.235. The number of Topliss-reactive ketones (excluding diaryl/α,β-unsaturated/α-hetero) is 1. The van der Waals surface area contributed by atoms with Gasteiger partial charge < -0.3 is 0 Å². The molecular formula is C17H17BrO. The van der Waals surface area contributed by atoms with Gasteiger partial charge in [0.15, 0.2) is 5.78 Å². The van der Waals surface area contributed by atoms with E-state index in [0.29, 0.717) is 6.42 Å². The van der Waals surface area contributed by atoms with Crippen LogP contribution in [-0.4, -0.2) is 5.78 Å². The van der Waals surface area contributed by atoms with Crippen molar-refractivity contribution in [1.29, 1.82) is 0 Å². The van der Waals surface area contributed by atoms with Crippen LogP contribution < -0.4 is 0 Å². The Labute approximate surface area is 122 Å². The van der Waals surface area contributed by atoms with Gasteiger partial charge in [-0.1, -0.05) is 45.8 Å². The van der Waals surface area contributed by atoms with E-state index in [1.54, 1.807) is 0 Å². The number of aryl methyl sites for hydroxylation is 3. The molecule has 0 heterocycles. The zero-order chi connectivity index (χ0) is 13.8. The highest BCUT2D eigenvalue weighted by Crippen LogP contribution is 2.16. The smallest absolute Gasteiger partial charge is 0.163 e. The highest BCUT2D eigenvalue weighted by molar-refractivity contribution is 9.10. The zero-order valence-electron chi connectivity index (χ0n) is 11.2. The Balaban J connectivity index is 2.07. The van der Waals surface area contributed by atoms with Crippen molar-refractivity contribution in [3.63, 3.8) is 0 Å². The van der Waals surface area contributed by atoms with E-state index in [9.17, 15) is 4.79 Å². The summed E-state index contributed by atoms with van der Waals surface area (Å²) in [4.78, 5) is 12.3. The van der Waals surface area contributed by atoms with Crippen LogP contribution in [0.5, 0.6) is 0 Å². The summed E-state index contributed by atoms with van der Waals surface area (Å²) in [6.45, 7) is 4.01. The molecule has 0 radical (unpaired) electrons. The van der Waals surface area contributed by atoms with Gasteiger partial charge in [0.25, 0.3) is 0 Å². The van der Waals surface area contributed by atoms with Crippen molar-refractivity contribution in [2.24, 2.45) is 0 Å². The van der Waals surface area contributed by atoms with Gasteiger partial charge in [0.1, 0.15) is 0 Å². The van der Waals surface area contributed by atoms with Gasteiger partial charge in [-0.25, -0.2) is 0 Å². The molecule has 0 N–H and O–H groups in total. The average Bonchev–Trinajstić information content (AvgIpc) is 2.39. The SMILES string of the molecule is Cc1ccc(C)c(C(=O)CCc2cccc(Br)c2)c1. The van der Waals surface area contributed by atoms with Crippen molar-refractivity contribution in [2.45, 2.75) is 26.7 Å². The summed E-state index contributed by atoms with van der Waals surface area (Å²) < 4.78 is 1.06. The molecule has 2 heteroatoms. The molecule has 19 heavy (non-hydrogen) atoms. The van der Waals surface area contributed by atoms with E-state index >= 15 is 0 Å². The first-order valence-electron chi connectivity index (χ1n) is 6.41. The van der Waals surface area contributed by atoms with Crippen molar-refractivity contribution in [1.82, 2.24) is 0 Å². The number of halogens is 1. The molecule has 98 valence electrons. The molecule has 0 aliphatic heterocycles. The summed E-state index contributed by atoms with van der Waals surface area (Å²) >= 11 is 3.45. The van der Waals surface area contributed by atoms with Gasteiger partial charge in [-0.15, -0.1) is 0 Å². The summed E-state index contributed by atoms with van der Waals surface area (Å²) in [6.07, 6.45) is 1.34. The molecule has 0 fully saturated rings. The molecule has 1 nitrogen and oxygen atoms in total. The molecule has 0 unspecified atom stereocenters. The Morgan fingerprint density at radius 3 is 2.63 bits per heavy atom. The Bertz CT molecular complexity index is 602. The minimum Gasteiger partial charge on any atom is -0.294 e. The molecule has 0 atom stereocenters. The molecular weight excluding hydrogens is 300 g/mol. The first kappa shape index (κ1) is 14.0.